The highest BCUT2D eigenvalue weighted by Crippen LogP contribution is 2.19. The maximum Gasteiger partial charge on any atom is 0.223 e. The van der Waals surface area contributed by atoms with Crippen LogP contribution in [0.1, 0.15) is 96.3 Å². The summed E-state index contributed by atoms with van der Waals surface area (Å²) in [4.78, 5) is 4.38. The number of aromatic nitrogens is 2. The number of unbranched alkanes of at least 4 members (excludes halogenated alkanes) is 7. The van der Waals surface area contributed by atoms with Crippen LogP contribution in [0.15, 0.2) is 4.52 Å². The predicted octanol–water partition coefficient (Wildman–Crippen LogP) is 5.20. The molecular formula is C18H35N3O. The minimum Gasteiger partial charge on any atom is -0.340 e. The largest absolute Gasteiger partial charge is 0.340 e. The van der Waals surface area contributed by atoms with Gasteiger partial charge in [0, 0.05) is 6.92 Å². The third-order valence-electron chi connectivity index (χ3n) is 3.98. The number of rotatable bonds is 13. The molecule has 0 aliphatic heterocycles. The molecule has 1 aromatic heterocycles. The van der Waals surface area contributed by atoms with Crippen LogP contribution in [-0.4, -0.2) is 16.7 Å². The highest BCUT2D eigenvalue weighted by atomic mass is 16.5. The number of nitrogens with zero attached hydrogens (tertiary/aromatic N) is 2. The van der Waals surface area contributed by atoms with Crippen molar-refractivity contribution in [2.75, 3.05) is 6.54 Å². The highest BCUT2D eigenvalue weighted by molar-refractivity contribution is 4.93. The lowest BCUT2D eigenvalue weighted by Gasteiger charge is -2.17. The SMILES string of the molecule is CCCCCCCCCCN[C@@H](CC(C)C)c1noc(C)n1. The maximum absolute atomic E-state index is 5.12. The van der Waals surface area contributed by atoms with Crippen LogP contribution in [0, 0.1) is 12.8 Å². The van der Waals surface area contributed by atoms with Crippen LogP contribution in [0.3, 0.4) is 0 Å². The van der Waals surface area contributed by atoms with Gasteiger partial charge in [0.1, 0.15) is 0 Å². The summed E-state index contributed by atoms with van der Waals surface area (Å²) in [5.41, 5.74) is 0. The average Bonchev–Trinajstić information content (AvgIpc) is 2.90. The lowest BCUT2D eigenvalue weighted by Crippen LogP contribution is -2.25. The standard InChI is InChI=1S/C18H35N3O/c1-5-6-7-8-9-10-11-12-13-19-17(14-15(2)3)18-20-16(4)22-21-18/h15,17,19H,5-14H2,1-4H3/t17-/m0/s1. The van der Waals surface area contributed by atoms with Gasteiger partial charge in [0.15, 0.2) is 5.82 Å². The molecule has 0 saturated carbocycles. The first-order chi connectivity index (χ1) is 10.6. The normalized spacial score (nSPS) is 13.0. The van der Waals surface area contributed by atoms with Crippen molar-refractivity contribution < 1.29 is 4.52 Å². The van der Waals surface area contributed by atoms with Crippen LogP contribution in [0.5, 0.6) is 0 Å². The molecule has 0 aliphatic carbocycles. The van der Waals surface area contributed by atoms with Crippen molar-refractivity contribution in [2.24, 2.45) is 5.92 Å². The van der Waals surface area contributed by atoms with E-state index in [2.05, 4.69) is 36.2 Å². The summed E-state index contributed by atoms with van der Waals surface area (Å²) < 4.78 is 5.12. The molecule has 1 atom stereocenters. The fourth-order valence-electron chi connectivity index (χ4n) is 2.74. The molecule has 0 aromatic carbocycles. The number of aryl methyl sites for hydroxylation is 1. The van der Waals surface area contributed by atoms with Crippen molar-refractivity contribution >= 4 is 0 Å². The first-order valence-corrected chi connectivity index (χ1v) is 9.17. The Morgan fingerprint density at radius 3 is 2.18 bits per heavy atom. The number of hydrogen-bond donors (Lipinski definition) is 1. The molecule has 1 N–H and O–H groups in total. The lowest BCUT2D eigenvalue weighted by molar-refractivity contribution is 0.359. The average molecular weight is 309 g/mol. The van der Waals surface area contributed by atoms with Crippen LogP contribution in [0.2, 0.25) is 0 Å². The van der Waals surface area contributed by atoms with Crippen molar-refractivity contribution in [1.29, 1.82) is 0 Å². The summed E-state index contributed by atoms with van der Waals surface area (Å²) in [5, 5.41) is 7.68. The molecule has 4 nitrogen and oxygen atoms in total. The smallest absolute Gasteiger partial charge is 0.223 e. The second-order valence-electron chi connectivity index (χ2n) is 6.78. The minimum absolute atomic E-state index is 0.224. The van der Waals surface area contributed by atoms with Gasteiger partial charge in [-0.2, -0.15) is 4.98 Å². The first kappa shape index (κ1) is 19.1. The molecule has 4 heteroatoms. The molecule has 22 heavy (non-hydrogen) atoms. The molecule has 1 aromatic rings. The van der Waals surface area contributed by atoms with E-state index in [-0.39, 0.29) is 6.04 Å². The second-order valence-corrected chi connectivity index (χ2v) is 6.78. The Balaban J connectivity index is 2.16. The van der Waals surface area contributed by atoms with Gasteiger partial charge in [-0.1, -0.05) is 70.9 Å². The van der Waals surface area contributed by atoms with E-state index < -0.39 is 0 Å². The summed E-state index contributed by atoms with van der Waals surface area (Å²) in [7, 11) is 0. The summed E-state index contributed by atoms with van der Waals surface area (Å²) in [6, 6.07) is 0.224. The Morgan fingerprint density at radius 1 is 1.00 bits per heavy atom. The maximum atomic E-state index is 5.12. The molecule has 0 amide bonds. The van der Waals surface area contributed by atoms with Crippen molar-refractivity contribution in [2.45, 2.75) is 91.5 Å². The molecule has 0 unspecified atom stereocenters. The van der Waals surface area contributed by atoms with Crippen molar-refractivity contribution in [3.8, 4) is 0 Å². The molecule has 0 spiro atoms. The topological polar surface area (TPSA) is 51.0 Å². The Kier molecular flexibility index (Phi) is 10.1. The van der Waals surface area contributed by atoms with Gasteiger partial charge in [-0.25, -0.2) is 0 Å². The molecule has 0 bridgehead atoms. The third kappa shape index (κ3) is 8.52. The fourth-order valence-corrected chi connectivity index (χ4v) is 2.74. The summed E-state index contributed by atoms with van der Waals surface area (Å²) in [6.45, 7) is 9.63. The van der Waals surface area contributed by atoms with Crippen molar-refractivity contribution in [3.05, 3.63) is 11.7 Å². The van der Waals surface area contributed by atoms with Gasteiger partial charge < -0.3 is 9.84 Å². The fraction of sp³-hybridized carbons (Fsp3) is 0.889. The first-order valence-electron chi connectivity index (χ1n) is 9.17. The quantitative estimate of drug-likeness (QED) is 0.509. The molecule has 1 rings (SSSR count). The van der Waals surface area contributed by atoms with Gasteiger partial charge in [0.25, 0.3) is 0 Å². The van der Waals surface area contributed by atoms with E-state index in [1.807, 2.05) is 6.92 Å². The van der Waals surface area contributed by atoms with E-state index in [4.69, 9.17) is 4.52 Å². The van der Waals surface area contributed by atoms with Gasteiger partial charge in [0.2, 0.25) is 5.89 Å². The van der Waals surface area contributed by atoms with E-state index in [1.165, 1.54) is 51.4 Å². The Morgan fingerprint density at radius 2 is 1.64 bits per heavy atom. The number of hydrogen-bond acceptors (Lipinski definition) is 4. The summed E-state index contributed by atoms with van der Waals surface area (Å²) in [5.74, 6) is 2.08. The molecule has 0 saturated heterocycles. The molecule has 0 aliphatic rings. The minimum atomic E-state index is 0.224. The zero-order chi connectivity index (χ0) is 16.2. The van der Waals surface area contributed by atoms with Crippen molar-refractivity contribution in [1.82, 2.24) is 15.5 Å². The Labute approximate surface area is 136 Å². The van der Waals surface area contributed by atoms with Gasteiger partial charge in [-0.05, 0) is 25.3 Å². The van der Waals surface area contributed by atoms with E-state index in [0.29, 0.717) is 11.8 Å². The highest BCUT2D eigenvalue weighted by Gasteiger charge is 2.17. The van der Waals surface area contributed by atoms with E-state index in [9.17, 15) is 0 Å². The lowest BCUT2D eigenvalue weighted by atomic mass is 10.0. The third-order valence-corrected chi connectivity index (χ3v) is 3.98. The van der Waals surface area contributed by atoms with E-state index in [0.717, 1.165) is 18.8 Å². The Hall–Kier alpha value is -0.900. The second kappa shape index (κ2) is 11.6. The van der Waals surface area contributed by atoms with Crippen LogP contribution >= 0.6 is 0 Å². The van der Waals surface area contributed by atoms with E-state index in [1.54, 1.807) is 0 Å². The number of nitrogens with one attached hydrogen (secondary N) is 1. The molecule has 1 heterocycles. The van der Waals surface area contributed by atoms with Crippen LogP contribution in [-0.2, 0) is 0 Å². The van der Waals surface area contributed by atoms with Gasteiger partial charge in [-0.15, -0.1) is 0 Å². The van der Waals surface area contributed by atoms with Crippen LogP contribution < -0.4 is 5.32 Å². The zero-order valence-corrected chi connectivity index (χ0v) is 15.0. The zero-order valence-electron chi connectivity index (χ0n) is 15.0. The monoisotopic (exact) mass is 309 g/mol. The van der Waals surface area contributed by atoms with Crippen LogP contribution in [0.25, 0.3) is 0 Å². The molecule has 0 radical (unpaired) electrons. The van der Waals surface area contributed by atoms with Gasteiger partial charge in [-0.3, -0.25) is 0 Å². The van der Waals surface area contributed by atoms with E-state index >= 15 is 0 Å². The molecule has 128 valence electrons. The molecule has 0 fully saturated rings. The predicted molar refractivity (Wildman–Crippen MR) is 91.8 cm³/mol. The molecular weight excluding hydrogens is 274 g/mol. The summed E-state index contributed by atoms with van der Waals surface area (Å²) in [6.07, 6.45) is 11.9. The van der Waals surface area contributed by atoms with Gasteiger partial charge in [0.05, 0.1) is 6.04 Å². The van der Waals surface area contributed by atoms with Crippen LogP contribution in [0.4, 0.5) is 0 Å². The Bertz CT molecular complexity index is 376. The van der Waals surface area contributed by atoms with Gasteiger partial charge >= 0.3 is 0 Å². The van der Waals surface area contributed by atoms with Crippen molar-refractivity contribution in [3.63, 3.8) is 0 Å². The summed E-state index contributed by atoms with van der Waals surface area (Å²) >= 11 is 0.